The molecular formula is C23H20F4N4O. The van der Waals surface area contributed by atoms with Crippen LogP contribution in [0, 0.1) is 12.7 Å². The Balaban J connectivity index is 1.44. The number of fused-ring (bicyclic) bond motifs is 1. The van der Waals surface area contributed by atoms with Crippen molar-refractivity contribution in [1.82, 2.24) is 15.2 Å². The number of nitrogens with two attached hydrogens (primary N) is 1. The van der Waals surface area contributed by atoms with Crippen molar-refractivity contribution < 1.29 is 22.3 Å². The van der Waals surface area contributed by atoms with E-state index in [0.29, 0.717) is 11.8 Å². The van der Waals surface area contributed by atoms with Gasteiger partial charge in [0.15, 0.2) is 0 Å². The number of aromatic nitrogens is 3. The Morgan fingerprint density at radius 2 is 1.88 bits per heavy atom. The summed E-state index contributed by atoms with van der Waals surface area (Å²) in [5.41, 5.74) is 8.72. The molecule has 0 bridgehead atoms. The number of ether oxygens (including phenoxy) is 1. The maximum Gasteiger partial charge on any atom is 0.416 e. The lowest BCUT2D eigenvalue weighted by molar-refractivity contribution is -0.137. The molecule has 0 radical (unpaired) electrons. The van der Waals surface area contributed by atoms with Gasteiger partial charge in [-0.2, -0.15) is 18.3 Å². The maximum atomic E-state index is 13.6. The van der Waals surface area contributed by atoms with Gasteiger partial charge in [-0.15, -0.1) is 0 Å². The normalized spacial score (nSPS) is 12.8. The zero-order valence-corrected chi connectivity index (χ0v) is 17.1. The van der Waals surface area contributed by atoms with Crippen LogP contribution in [-0.4, -0.2) is 27.8 Å². The average Bonchev–Trinajstić information content (AvgIpc) is 3.12. The van der Waals surface area contributed by atoms with Crippen LogP contribution in [0.25, 0.3) is 22.0 Å². The van der Waals surface area contributed by atoms with Crippen LogP contribution in [0.15, 0.2) is 54.9 Å². The Morgan fingerprint density at radius 1 is 1.06 bits per heavy atom. The van der Waals surface area contributed by atoms with E-state index in [-0.39, 0.29) is 18.6 Å². The molecule has 5 nitrogen and oxygen atoms in total. The molecule has 4 aromatic rings. The Morgan fingerprint density at radius 3 is 2.66 bits per heavy atom. The molecule has 32 heavy (non-hydrogen) atoms. The van der Waals surface area contributed by atoms with Crippen LogP contribution < -0.4 is 10.5 Å². The van der Waals surface area contributed by atoms with Gasteiger partial charge in [0, 0.05) is 28.9 Å². The van der Waals surface area contributed by atoms with E-state index in [1.54, 1.807) is 12.3 Å². The molecule has 3 N–H and O–H groups in total. The van der Waals surface area contributed by atoms with Crippen LogP contribution in [0.2, 0.25) is 0 Å². The van der Waals surface area contributed by atoms with Crippen LogP contribution in [0.5, 0.6) is 5.75 Å². The molecule has 0 aliphatic carbocycles. The van der Waals surface area contributed by atoms with E-state index in [0.717, 1.165) is 39.9 Å². The number of nitrogens with zero attached hydrogens (tertiary/aromatic N) is 2. The summed E-state index contributed by atoms with van der Waals surface area (Å²) >= 11 is 0. The summed E-state index contributed by atoms with van der Waals surface area (Å²) in [6.45, 7) is 1.97. The summed E-state index contributed by atoms with van der Waals surface area (Å²) in [5.74, 6) is -0.484. The molecule has 0 spiro atoms. The minimum Gasteiger partial charge on any atom is -0.490 e. The van der Waals surface area contributed by atoms with Crippen LogP contribution >= 0.6 is 0 Å². The van der Waals surface area contributed by atoms with Crippen molar-refractivity contribution in [3.05, 3.63) is 77.5 Å². The average molecular weight is 444 g/mol. The van der Waals surface area contributed by atoms with Crippen LogP contribution in [0.4, 0.5) is 17.6 Å². The van der Waals surface area contributed by atoms with Crippen molar-refractivity contribution >= 4 is 10.9 Å². The zero-order valence-electron chi connectivity index (χ0n) is 17.1. The van der Waals surface area contributed by atoms with Crippen LogP contribution in [0.3, 0.4) is 0 Å². The predicted molar refractivity (Wildman–Crippen MR) is 113 cm³/mol. The van der Waals surface area contributed by atoms with Gasteiger partial charge in [0.05, 0.1) is 17.3 Å². The third-order valence-corrected chi connectivity index (χ3v) is 5.04. The molecule has 166 valence electrons. The molecular weight excluding hydrogens is 424 g/mol. The van der Waals surface area contributed by atoms with E-state index in [9.17, 15) is 17.6 Å². The molecule has 0 aliphatic heterocycles. The second kappa shape index (κ2) is 8.58. The molecule has 4 rings (SSSR count). The van der Waals surface area contributed by atoms with E-state index >= 15 is 0 Å². The predicted octanol–water partition coefficient (Wildman–Crippen LogP) is 5.04. The van der Waals surface area contributed by atoms with Gasteiger partial charge in [-0.25, -0.2) is 4.39 Å². The first kappa shape index (κ1) is 21.8. The van der Waals surface area contributed by atoms with Crippen LogP contribution in [-0.2, 0) is 12.6 Å². The molecule has 0 unspecified atom stereocenters. The number of hydrogen-bond acceptors (Lipinski definition) is 4. The zero-order chi connectivity index (χ0) is 22.9. The number of aryl methyl sites for hydroxylation is 1. The van der Waals surface area contributed by atoms with Crippen molar-refractivity contribution in [3.63, 3.8) is 0 Å². The Labute approximate surface area is 181 Å². The lowest BCUT2D eigenvalue weighted by Gasteiger charge is -2.15. The topological polar surface area (TPSA) is 76.8 Å². The summed E-state index contributed by atoms with van der Waals surface area (Å²) in [6, 6.07) is 9.42. The minimum absolute atomic E-state index is 0.0306. The summed E-state index contributed by atoms with van der Waals surface area (Å²) in [4.78, 5) is 4.20. The molecule has 2 heterocycles. The maximum absolute atomic E-state index is 13.6. The van der Waals surface area contributed by atoms with E-state index in [1.165, 1.54) is 6.20 Å². The first-order chi connectivity index (χ1) is 15.2. The van der Waals surface area contributed by atoms with Gasteiger partial charge in [0.1, 0.15) is 18.2 Å². The summed E-state index contributed by atoms with van der Waals surface area (Å²) in [5, 5.41) is 8.16. The monoisotopic (exact) mass is 444 g/mol. The highest BCUT2D eigenvalue weighted by Crippen LogP contribution is 2.31. The van der Waals surface area contributed by atoms with Crippen molar-refractivity contribution in [2.45, 2.75) is 25.6 Å². The number of H-pyrrole nitrogens is 1. The van der Waals surface area contributed by atoms with Gasteiger partial charge in [0.25, 0.3) is 0 Å². The number of aromatic amines is 1. The quantitative estimate of drug-likeness (QED) is 0.409. The van der Waals surface area contributed by atoms with E-state index in [4.69, 9.17) is 10.5 Å². The van der Waals surface area contributed by atoms with Gasteiger partial charge >= 0.3 is 6.18 Å². The number of nitrogens with one attached hydrogen (secondary N) is 1. The Bertz CT molecular complexity index is 1250. The standard InChI is InChI=1S/C23H20F4N4O/c1-13-21-8-15(2-3-22(21)31-30-13)16-7-20(11-29-10-16)32-12-19(28)6-14-4-17(23(25,26)27)9-18(24)5-14/h2-5,7-11,19H,6,12,28H2,1H3,(H,30,31)/t19-/m0/s1. The third-order valence-electron chi connectivity index (χ3n) is 5.04. The van der Waals surface area contributed by atoms with Gasteiger partial charge in [-0.05, 0) is 60.9 Å². The number of benzene rings is 2. The number of pyridine rings is 1. The fourth-order valence-corrected chi connectivity index (χ4v) is 3.47. The highest BCUT2D eigenvalue weighted by Gasteiger charge is 2.31. The lowest BCUT2D eigenvalue weighted by atomic mass is 10.0. The SMILES string of the molecule is Cc1[nH]nc2ccc(-c3cncc(OC[C@@H](N)Cc4cc(F)cc(C(F)(F)F)c4)c3)cc12. The van der Waals surface area contributed by atoms with E-state index in [2.05, 4.69) is 15.2 Å². The summed E-state index contributed by atoms with van der Waals surface area (Å²) < 4.78 is 57.9. The molecule has 0 fully saturated rings. The Kier molecular flexibility index (Phi) is 5.84. The van der Waals surface area contributed by atoms with Gasteiger partial charge in [-0.3, -0.25) is 10.1 Å². The van der Waals surface area contributed by atoms with Gasteiger partial charge in [-0.1, -0.05) is 6.07 Å². The molecule has 0 saturated heterocycles. The lowest BCUT2D eigenvalue weighted by Crippen LogP contribution is -2.30. The highest BCUT2D eigenvalue weighted by atomic mass is 19.4. The largest absolute Gasteiger partial charge is 0.490 e. The fraction of sp³-hybridized carbons (Fsp3) is 0.217. The summed E-state index contributed by atoms with van der Waals surface area (Å²) in [7, 11) is 0. The third kappa shape index (κ3) is 4.88. The molecule has 2 aromatic carbocycles. The number of alkyl halides is 3. The smallest absolute Gasteiger partial charge is 0.416 e. The number of halogens is 4. The molecule has 0 saturated carbocycles. The second-order valence-electron chi connectivity index (χ2n) is 7.61. The first-order valence-corrected chi connectivity index (χ1v) is 9.84. The minimum atomic E-state index is -4.62. The van der Waals surface area contributed by atoms with Crippen LogP contribution in [0.1, 0.15) is 16.8 Å². The first-order valence-electron chi connectivity index (χ1n) is 9.84. The van der Waals surface area contributed by atoms with Crippen molar-refractivity contribution in [3.8, 4) is 16.9 Å². The number of hydrogen-bond donors (Lipinski definition) is 2. The highest BCUT2D eigenvalue weighted by molar-refractivity contribution is 5.86. The van der Waals surface area contributed by atoms with E-state index in [1.807, 2.05) is 25.1 Å². The van der Waals surface area contributed by atoms with E-state index < -0.39 is 23.6 Å². The van der Waals surface area contributed by atoms with Crippen molar-refractivity contribution in [2.75, 3.05) is 6.61 Å². The Hall–Kier alpha value is -3.46. The van der Waals surface area contributed by atoms with Gasteiger partial charge in [0.2, 0.25) is 0 Å². The molecule has 0 aliphatic rings. The van der Waals surface area contributed by atoms with Crippen molar-refractivity contribution in [1.29, 1.82) is 0 Å². The molecule has 1 atom stereocenters. The van der Waals surface area contributed by atoms with Crippen molar-refractivity contribution in [2.24, 2.45) is 5.73 Å². The molecule has 9 heteroatoms. The molecule has 0 amide bonds. The summed E-state index contributed by atoms with van der Waals surface area (Å²) in [6.07, 6.45) is -1.36. The molecule has 2 aromatic heterocycles. The number of rotatable bonds is 6. The second-order valence-corrected chi connectivity index (χ2v) is 7.61. The fourth-order valence-electron chi connectivity index (χ4n) is 3.47. The van der Waals surface area contributed by atoms with Gasteiger partial charge < -0.3 is 10.5 Å².